The maximum absolute atomic E-state index is 5.38. The molecule has 0 aromatic heterocycles. The molecular weight excluding hydrogens is 226 g/mol. The molecule has 0 radical (unpaired) electrons. The molecule has 2 saturated heterocycles. The zero-order valence-electron chi connectivity index (χ0n) is 11.9. The number of piperazine rings is 1. The second-order valence-electron chi connectivity index (χ2n) is 5.56. The lowest BCUT2D eigenvalue weighted by atomic mass is 9.94. The van der Waals surface area contributed by atoms with E-state index in [1.807, 2.05) is 0 Å². The fourth-order valence-electron chi connectivity index (χ4n) is 2.92. The summed E-state index contributed by atoms with van der Waals surface area (Å²) in [5, 5.41) is 3.41. The van der Waals surface area contributed by atoms with Crippen molar-refractivity contribution in [2.24, 2.45) is 5.92 Å². The number of rotatable bonds is 8. The van der Waals surface area contributed by atoms with Gasteiger partial charge in [0.1, 0.15) is 0 Å². The van der Waals surface area contributed by atoms with Crippen LogP contribution in [0.25, 0.3) is 0 Å². The molecule has 4 nitrogen and oxygen atoms in total. The number of likely N-dealkylation sites (tertiary alicyclic amines) is 1. The van der Waals surface area contributed by atoms with Crippen LogP contribution in [-0.2, 0) is 4.74 Å². The summed E-state index contributed by atoms with van der Waals surface area (Å²) in [5.41, 5.74) is 0. The summed E-state index contributed by atoms with van der Waals surface area (Å²) in [6.45, 7) is 13.7. The van der Waals surface area contributed by atoms with Crippen LogP contribution >= 0.6 is 0 Å². The average molecular weight is 255 g/mol. The van der Waals surface area contributed by atoms with Crippen LogP contribution in [0.15, 0.2) is 0 Å². The summed E-state index contributed by atoms with van der Waals surface area (Å²) in [6, 6.07) is 0. The van der Waals surface area contributed by atoms with E-state index < -0.39 is 0 Å². The van der Waals surface area contributed by atoms with Crippen molar-refractivity contribution in [3.05, 3.63) is 0 Å². The van der Waals surface area contributed by atoms with Crippen LogP contribution in [0.4, 0.5) is 0 Å². The summed E-state index contributed by atoms with van der Waals surface area (Å²) in [7, 11) is 0. The van der Waals surface area contributed by atoms with Crippen molar-refractivity contribution < 1.29 is 4.74 Å². The minimum absolute atomic E-state index is 0.849. The van der Waals surface area contributed by atoms with Gasteiger partial charge in [0, 0.05) is 52.4 Å². The molecule has 0 aromatic carbocycles. The molecule has 0 aromatic rings. The van der Waals surface area contributed by atoms with Crippen LogP contribution in [0.5, 0.6) is 0 Å². The van der Waals surface area contributed by atoms with Crippen LogP contribution in [0.3, 0.4) is 0 Å². The minimum atomic E-state index is 0.849. The Morgan fingerprint density at radius 2 is 1.89 bits per heavy atom. The summed E-state index contributed by atoms with van der Waals surface area (Å²) in [4.78, 5) is 5.12. The van der Waals surface area contributed by atoms with Crippen LogP contribution in [0, 0.1) is 5.92 Å². The molecule has 2 aliphatic rings. The normalized spacial score (nSPS) is 23.2. The molecular formula is C14H29N3O. The first-order valence-corrected chi connectivity index (χ1v) is 7.61. The first kappa shape index (κ1) is 14.3. The van der Waals surface area contributed by atoms with E-state index in [0.717, 1.165) is 25.7 Å². The van der Waals surface area contributed by atoms with E-state index in [0.29, 0.717) is 0 Å². The molecule has 0 atom stereocenters. The van der Waals surface area contributed by atoms with Gasteiger partial charge in [0.15, 0.2) is 0 Å². The van der Waals surface area contributed by atoms with E-state index in [-0.39, 0.29) is 0 Å². The van der Waals surface area contributed by atoms with Crippen molar-refractivity contribution in [3.8, 4) is 0 Å². The van der Waals surface area contributed by atoms with Gasteiger partial charge in [-0.1, -0.05) is 0 Å². The number of hydrogen-bond acceptors (Lipinski definition) is 4. The molecule has 106 valence electrons. The maximum atomic E-state index is 5.38. The maximum Gasteiger partial charge on any atom is 0.0593 e. The second kappa shape index (κ2) is 8.10. The molecule has 0 spiro atoms. The third-order valence-corrected chi connectivity index (χ3v) is 4.09. The molecule has 2 heterocycles. The third-order valence-electron chi connectivity index (χ3n) is 4.09. The van der Waals surface area contributed by atoms with Gasteiger partial charge >= 0.3 is 0 Å². The Morgan fingerprint density at radius 3 is 2.61 bits per heavy atom. The average Bonchev–Trinajstić information content (AvgIpc) is 2.36. The Labute approximate surface area is 112 Å². The fraction of sp³-hybridized carbons (Fsp3) is 1.00. The van der Waals surface area contributed by atoms with Gasteiger partial charge < -0.3 is 19.9 Å². The van der Waals surface area contributed by atoms with Crippen molar-refractivity contribution >= 4 is 0 Å². The monoisotopic (exact) mass is 255 g/mol. The molecule has 0 saturated carbocycles. The first-order chi connectivity index (χ1) is 8.88. The Morgan fingerprint density at radius 1 is 1.11 bits per heavy atom. The highest BCUT2D eigenvalue weighted by atomic mass is 16.5. The lowest BCUT2D eigenvalue weighted by Gasteiger charge is -2.39. The molecule has 0 unspecified atom stereocenters. The largest absolute Gasteiger partial charge is 0.380 e. The highest BCUT2D eigenvalue weighted by Gasteiger charge is 2.25. The minimum Gasteiger partial charge on any atom is -0.380 e. The molecule has 4 heteroatoms. The quantitative estimate of drug-likeness (QED) is 0.644. The van der Waals surface area contributed by atoms with E-state index in [1.165, 1.54) is 58.7 Å². The van der Waals surface area contributed by atoms with Crippen LogP contribution in [0.1, 0.15) is 19.8 Å². The van der Waals surface area contributed by atoms with E-state index in [2.05, 4.69) is 22.0 Å². The zero-order valence-corrected chi connectivity index (χ0v) is 11.9. The highest BCUT2D eigenvalue weighted by Crippen LogP contribution is 2.20. The van der Waals surface area contributed by atoms with E-state index >= 15 is 0 Å². The molecule has 0 bridgehead atoms. The Bertz CT molecular complexity index is 213. The molecule has 2 aliphatic heterocycles. The van der Waals surface area contributed by atoms with Crippen LogP contribution in [0.2, 0.25) is 0 Å². The Balaban J connectivity index is 1.42. The van der Waals surface area contributed by atoms with Gasteiger partial charge in [0.25, 0.3) is 0 Å². The van der Waals surface area contributed by atoms with Crippen LogP contribution in [-0.4, -0.2) is 75.4 Å². The van der Waals surface area contributed by atoms with Gasteiger partial charge in [-0.15, -0.1) is 0 Å². The van der Waals surface area contributed by atoms with Crippen molar-refractivity contribution in [2.45, 2.75) is 19.8 Å². The Hall–Kier alpha value is -0.160. The summed E-state index contributed by atoms with van der Waals surface area (Å²) >= 11 is 0. The molecule has 2 fully saturated rings. The number of ether oxygens (including phenoxy) is 1. The molecule has 18 heavy (non-hydrogen) atoms. The van der Waals surface area contributed by atoms with Crippen LogP contribution < -0.4 is 5.32 Å². The summed E-state index contributed by atoms with van der Waals surface area (Å²) in [6.07, 6.45) is 2.79. The molecule has 1 N–H and O–H groups in total. The van der Waals surface area contributed by atoms with Gasteiger partial charge in [0.2, 0.25) is 0 Å². The topological polar surface area (TPSA) is 27.7 Å². The fourth-order valence-corrected chi connectivity index (χ4v) is 2.92. The Kier molecular flexibility index (Phi) is 6.41. The van der Waals surface area contributed by atoms with E-state index in [9.17, 15) is 0 Å². The van der Waals surface area contributed by atoms with Gasteiger partial charge in [0.05, 0.1) is 6.61 Å². The lowest BCUT2D eigenvalue weighted by molar-refractivity contribution is 0.0468. The van der Waals surface area contributed by atoms with E-state index in [1.54, 1.807) is 0 Å². The summed E-state index contributed by atoms with van der Waals surface area (Å²) in [5.74, 6) is 0.953. The van der Waals surface area contributed by atoms with Crippen molar-refractivity contribution in [2.75, 3.05) is 65.6 Å². The number of hydrogen-bond donors (Lipinski definition) is 1. The standard InChI is InChI=1S/C14H29N3O/c1-2-18-11-10-17-12-14(13-17)4-3-7-16-8-5-15-6-9-16/h14-15H,2-13H2,1H3. The van der Waals surface area contributed by atoms with Gasteiger partial charge in [-0.05, 0) is 32.2 Å². The zero-order chi connectivity index (χ0) is 12.6. The SMILES string of the molecule is CCOCCN1CC(CCCN2CCNCC2)C1. The van der Waals surface area contributed by atoms with E-state index in [4.69, 9.17) is 4.74 Å². The predicted molar refractivity (Wildman–Crippen MR) is 75.0 cm³/mol. The second-order valence-corrected chi connectivity index (χ2v) is 5.56. The van der Waals surface area contributed by atoms with Crippen molar-refractivity contribution in [1.29, 1.82) is 0 Å². The lowest BCUT2D eigenvalue weighted by Crippen LogP contribution is -2.48. The highest BCUT2D eigenvalue weighted by molar-refractivity contribution is 4.80. The number of nitrogens with zero attached hydrogens (tertiary/aromatic N) is 2. The summed E-state index contributed by atoms with van der Waals surface area (Å²) < 4.78 is 5.38. The van der Waals surface area contributed by atoms with Crippen molar-refractivity contribution in [3.63, 3.8) is 0 Å². The van der Waals surface area contributed by atoms with Crippen molar-refractivity contribution in [1.82, 2.24) is 15.1 Å². The molecule has 0 amide bonds. The predicted octanol–water partition coefficient (Wildman–Crippen LogP) is 0.640. The third kappa shape index (κ3) is 4.84. The van der Waals surface area contributed by atoms with Gasteiger partial charge in [-0.3, -0.25) is 0 Å². The number of nitrogens with one attached hydrogen (secondary N) is 1. The van der Waals surface area contributed by atoms with Gasteiger partial charge in [-0.25, -0.2) is 0 Å². The van der Waals surface area contributed by atoms with Gasteiger partial charge in [-0.2, -0.15) is 0 Å². The molecule has 0 aliphatic carbocycles. The first-order valence-electron chi connectivity index (χ1n) is 7.61. The molecule has 2 rings (SSSR count). The smallest absolute Gasteiger partial charge is 0.0593 e.